The highest BCUT2D eigenvalue weighted by Gasteiger charge is 2.13. The van der Waals surface area contributed by atoms with Gasteiger partial charge in [-0.25, -0.2) is 8.42 Å². The van der Waals surface area contributed by atoms with Crippen molar-refractivity contribution < 1.29 is 8.42 Å². The first kappa shape index (κ1) is 16.2. The Bertz CT molecular complexity index is 446. The van der Waals surface area contributed by atoms with Gasteiger partial charge in [0.25, 0.3) is 0 Å². The lowest BCUT2D eigenvalue weighted by Crippen LogP contribution is -2.06. The van der Waals surface area contributed by atoms with E-state index in [1.807, 2.05) is 12.1 Å². The number of hydrogen-bond acceptors (Lipinski definition) is 2. The molecule has 0 saturated heterocycles. The van der Waals surface area contributed by atoms with E-state index in [1.165, 1.54) is 24.8 Å². The van der Waals surface area contributed by atoms with Crippen LogP contribution in [-0.2, 0) is 16.3 Å². The van der Waals surface area contributed by atoms with Gasteiger partial charge in [0.05, 0.1) is 10.6 Å². The molecular weight excluding hydrogens is 256 g/mol. The normalized spacial score (nSPS) is 11.7. The van der Waals surface area contributed by atoms with Gasteiger partial charge in [0, 0.05) is 0 Å². The molecule has 0 unspecified atom stereocenters. The summed E-state index contributed by atoms with van der Waals surface area (Å²) in [5, 5.41) is 0. The summed E-state index contributed by atoms with van der Waals surface area (Å²) in [5.74, 6) is 0.274. The predicted molar refractivity (Wildman–Crippen MR) is 81.2 cm³/mol. The van der Waals surface area contributed by atoms with E-state index in [0.717, 1.165) is 25.7 Å². The molecular formula is C16H26O2S. The van der Waals surface area contributed by atoms with Crippen molar-refractivity contribution in [2.24, 2.45) is 0 Å². The van der Waals surface area contributed by atoms with Crippen LogP contribution in [0.3, 0.4) is 0 Å². The molecule has 19 heavy (non-hydrogen) atoms. The molecule has 0 radical (unpaired) electrons. The number of hydrogen-bond donors (Lipinski definition) is 0. The highest BCUT2D eigenvalue weighted by Crippen LogP contribution is 2.15. The largest absolute Gasteiger partial charge is 0.224 e. The van der Waals surface area contributed by atoms with Crippen molar-refractivity contribution >= 4 is 9.84 Å². The van der Waals surface area contributed by atoms with E-state index in [0.29, 0.717) is 4.90 Å². The van der Waals surface area contributed by atoms with Crippen LogP contribution in [0.25, 0.3) is 0 Å². The maximum Gasteiger partial charge on any atom is 0.178 e. The number of benzene rings is 1. The molecule has 108 valence electrons. The maximum atomic E-state index is 12.1. The van der Waals surface area contributed by atoms with Crippen molar-refractivity contribution in [1.29, 1.82) is 0 Å². The third kappa shape index (κ3) is 5.77. The summed E-state index contributed by atoms with van der Waals surface area (Å²) in [6.45, 7) is 4.27. The van der Waals surface area contributed by atoms with Gasteiger partial charge in [0.2, 0.25) is 0 Å². The Labute approximate surface area is 118 Å². The Hall–Kier alpha value is -0.830. The van der Waals surface area contributed by atoms with Crippen molar-refractivity contribution in [2.45, 2.75) is 63.7 Å². The minimum atomic E-state index is -3.07. The van der Waals surface area contributed by atoms with Crippen LogP contribution in [0, 0.1) is 0 Å². The zero-order valence-corrected chi connectivity index (χ0v) is 13.0. The molecule has 0 bridgehead atoms. The quantitative estimate of drug-likeness (QED) is 0.630. The third-order valence-electron chi connectivity index (χ3n) is 3.37. The molecule has 1 rings (SSSR count). The number of sulfone groups is 1. The Balaban J connectivity index is 2.59. The second-order valence-electron chi connectivity index (χ2n) is 5.13. The van der Waals surface area contributed by atoms with Crippen LogP contribution in [0.5, 0.6) is 0 Å². The number of unbranched alkanes of at least 4 members (excludes halogenated alkanes) is 4. The first-order chi connectivity index (χ1) is 9.10. The average Bonchev–Trinajstić information content (AvgIpc) is 2.40. The van der Waals surface area contributed by atoms with Gasteiger partial charge in [0.1, 0.15) is 0 Å². The van der Waals surface area contributed by atoms with E-state index in [1.54, 1.807) is 12.1 Å². The van der Waals surface area contributed by atoms with Crippen LogP contribution in [0.1, 0.15) is 57.9 Å². The molecule has 0 aliphatic rings. The Morgan fingerprint density at radius 3 is 2.00 bits per heavy atom. The standard InChI is InChI=1S/C16H26O2S/c1-3-5-7-9-15-10-12-16(13-11-15)19(17,18)14-8-6-4-2/h10-13H,3-9,14H2,1-2H3. The van der Waals surface area contributed by atoms with Gasteiger partial charge in [-0.2, -0.15) is 0 Å². The number of rotatable bonds is 9. The van der Waals surface area contributed by atoms with Gasteiger partial charge in [-0.3, -0.25) is 0 Å². The molecule has 0 amide bonds. The van der Waals surface area contributed by atoms with E-state index in [2.05, 4.69) is 13.8 Å². The summed E-state index contributed by atoms with van der Waals surface area (Å²) >= 11 is 0. The smallest absolute Gasteiger partial charge is 0.178 e. The monoisotopic (exact) mass is 282 g/mol. The second kappa shape index (κ2) is 8.36. The summed E-state index contributed by atoms with van der Waals surface area (Å²) in [5.41, 5.74) is 1.24. The molecule has 1 aromatic rings. The van der Waals surface area contributed by atoms with Crippen molar-refractivity contribution in [3.8, 4) is 0 Å². The molecule has 0 aliphatic carbocycles. The summed E-state index contributed by atoms with van der Waals surface area (Å²) in [4.78, 5) is 0.475. The average molecular weight is 282 g/mol. The fourth-order valence-corrected chi connectivity index (χ4v) is 3.47. The zero-order chi connectivity index (χ0) is 14.1. The minimum Gasteiger partial charge on any atom is -0.224 e. The Morgan fingerprint density at radius 2 is 1.42 bits per heavy atom. The van der Waals surface area contributed by atoms with Crippen LogP contribution < -0.4 is 0 Å². The third-order valence-corrected chi connectivity index (χ3v) is 5.18. The van der Waals surface area contributed by atoms with Crippen LogP contribution in [0.4, 0.5) is 0 Å². The molecule has 2 nitrogen and oxygen atoms in total. The van der Waals surface area contributed by atoms with E-state index in [9.17, 15) is 8.42 Å². The molecule has 0 atom stereocenters. The Morgan fingerprint density at radius 1 is 0.842 bits per heavy atom. The van der Waals surface area contributed by atoms with Crippen LogP contribution >= 0.6 is 0 Å². The maximum absolute atomic E-state index is 12.1. The first-order valence-electron chi connectivity index (χ1n) is 7.42. The lowest BCUT2D eigenvalue weighted by atomic mass is 10.1. The van der Waals surface area contributed by atoms with Crippen molar-refractivity contribution in [3.05, 3.63) is 29.8 Å². The van der Waals surface area contributed by atoms with E-state index >= 15 is 0 Å². The first-order valence-corrected chi connectivity index (χ1v) is 9.07. The van der Waals surface area contributed by atoms with E-state index in [-0.39, 0.29) is 5.75 Å². The summed E-state index contributed by atoms with van der Waals surface area (Å²) < 4.78 is 24.2. The fourth-order valence-electron chi connectivity index (χ4n) is 2.10. The van der Waals surface area contributed by atoms with Gasteiger partial charge in [-0.05, 0) is 37.0 Å². The van der Waals surface area contributed by atoms with Gasteiger partial charge in [0.15, 0.2) is 9.84 Å². The zero-order valence-electron chi connectivity index (χ0n) is 12.2. The molecule has 0 saturated carbocycles. The lowest BCUT2D eigenvalue weighted by Gasteiger charge is -2.06. The lowest BCUT2D eigenvalue weighted by molar-refractivity contribution is 0.591. The van der Waals surface area contributed by atoms with Gasteiger partial charge in [-0.1, -0.05) is 51.7 Å². The van der Waals surface area contributed by atoms with Crippen molar-refractivity contribution in [1.82, 2.24) is 0 Å². The highest BCUT2D eigenvalue weighted by atomic mass is 32.2. The molecule has 3 heteroatoms. The van der Waals surface area contributed by atoms with E-state index in [4.69, 9.17) is 0 Å². The van der Waals surface area contributed by atoms with E-state index < -0.39 is 9.84 Å². The van der Waals surface area contributed by atoms with Gasteiger partial charge >= 0.3 is 0 Å². The topological polar surface area (TPSA) is 34.1 Å². The molecule has 0 heterocycles. The van der Waals surface area contributed by atoms with Crippen LogP contribution in [-0.4, -0.2) is 14.2 Å². The predicted octanol–water partition coefficient (Wildman–Crippen LogP) is 4.38. The fraction of sp³-hybridized carbons (Fsp3) is 0.625. The highest BCUT2D eigenvalue weighted by molar-refractivity contribution is 7.91. The second-order valence-corrected chi connectivity index (χ2v) is 7.24. The summed E-state index contributed by atoms with van der Waals surface area (Å²) in [6, 6.07) is 7.45. The number of aryl methyl sites for hydroxylation is 1. The molecule has 0 spiro atoms. The molecule has 1 aromatic carbocycles. The van der Waals surface area contributed by atoms with Gasteiger partial charge in [-0.15, -0.1) is 0 Å². The van der Waals surface area contributed by atoms with Gasteiger partial charge < -0.3 is 0 Å². The SMILES string of the molecule is CCCCCc1ccc(S(=O)(=O)CCCCC)cc1. The molecule has 0 aliphatic heterocycles. The minimum absolute atomic E-state index is 0.274. The molecule has 0 fully saturated rings. The van der Waals surface area contributed by atoms with Crippen molar-refractivity contribution in [2.75, 3.05) is 5.75 Å². The van der Waals surface area contributed by atoms with Crippen LogP contribution in [0.15, 0.2) is 29.2 Å². The van der Waals surface area contributed by atoms with Crippen molar-refractivity contribution in [3.63, 3.8) is 0 Å². The summed E-state index contributed by atoms with van der Waals surface area (Å²) in [7, 11) is -3.07. The molecule has 0 aromatic heterocycles. The van der Waals surface area contributed by atoms with Crippen LogP contribution in [0.2, 0.25) is 0 Å². The molecule has 0 N–H and O–H groups in total. The summed E-state index contributed by atoms with van der Waals surface area (Å²) in [6.07, 6.45) is 7.46. The Kier molecular flexibility index (Phi) is 7.14.